The third-order valence-corrected chi connectivity index (χ3v) is 3.51. The number of nitrogens with zero attached hydrogens (tertiary/aromatic N) is 2. The third-order valence-electron chi connectivity index (χ3n) is 3.51. The summed E-state index contributed by atoms with van der Waals surface area (Å²) >= 11 is 0. The molecule has 0 unspecified atom stereocenters. The van der Waals surface area contributed by atoms with E-state index < -0.39 is 17.2 Å². The van der Waals surface area contributed by atoms with Crippen LogP contribution in [0.2, 0.25) is 0 Å². The molecule has 0 saturated heterocycles. The summed E-state index contributed by atoms with van der Waals surface area (Å²) in [6.07, 6.45) is -2.02. The molecule has 0 spiro atoms. The van der Waals surface area contributed by atoms with Gasteiger partial charge in [-0.25, -0.2) is 14.5 Å². The van der Waals surface area contributed by atoms with E-state index in [-0.39, 0.29) is 29.7 Å². The van der Waals surface area contributed by atoms with E-state index in [1.807, 2.05) is 0 Å². The van der Waals surface area contributed by atoms with Crippen molar-refractivity contribution in [3.8, 4) is 0 Å². The number of non-ortho nitro benzene ring substituents is 1. The molecule has 0 radical (unpaired) electrons. The quantitative estimate of drug-likeness (QED) is 0.451. The van der Waals surface area contributed by atoms with Crippen molar-refractivity contribution in [2.45, 2.75) is 20.8 Å². The Kier molecular flexibility index (Phi) is 6.42. The minimum absolute atomic E-state index is 0.0791. The molecule has 11 nitrogen and oxygen atoms in total. The molecule has 150 valence electrons. The van der Waals surface area contributed by atoms with Crippen LogP contribution in [0.5, 0.6) is 0 Å². The molecule has 0 amide bonds. The second-order valence-electron chi connectivity index (χ2n) is 5.44. The molecule has 0 aromatic heterocycles. The van der Waals surface area contributed by atoms with Crippen molar-refractivity contribution < 1.29 is 33.5 Å². The van der Waals surface area contributed by atoms with Crippen molar-refractivity contribution in [2.75, 3.05) is 18.6 Å². The van der Waals surface area contributed by atoms with Gasteiger partial charge in [-0.2, -0.15) is 0 Å². The predicted octanol–water partition coefficient (Wildman–Crippen LogP) is 3.34. The number of allylic oxidation sites excluding steroid dienone is 2. The maximum atomic E-state index is 11.9. The lowest BCUT2D eigenvalue weighted by Crippen LogP contribution is -2.37. The van der Waals surface area contributed by atoms with E-state index in [0.717, 1.165) is 7.11 Å². The van der Waals surface area contributed by atoms with Gasteiger partial charge in [0.05, 0.1) is 35.7 Å². The van der Waals surface area contributed by atoms with Crippen LogP contribution in [0.3, 0.4) is 0 Å². The summed E-state index contributed by atoms with van der Waals surface area (Å²) in [5, 5.41) is 14.1. The molecule has 11 heteroatoms. The molecule has 1 aliphatic heterocycles. The van der Waals surface area contributed by atoms with Gasteiger partial charge >= 0.3 is 12.3 Å². The van der Waals surface area contributed by atoms with Crippen LogP contribution in [-0.4, -0.2) is 31.0 Å². The molecule has 1 aromatic carbocycles. The average Bonchev–Trinajstić information content (AvgIpc) is 2.65. The number of carbonyl (C=O) groups is 2. The van der Waals surface area contributed by atoms with E-state index in [1.165, 1.54) is 29.2 Å². The average molecular weight is 393 g/mol. The number of carbonyl (C=O) groups excluding carboxylic acids is 2. The van der Waals surface area contributed by atoms with Crippen LogP contribution in [0.25, 0.3) is 0 Å². The smallest absolute Gasteiger partial charge is 0.437 e. The standard InChI is InChI=1S/C17H19N3O8/c1-5-26-17(22)28-15-11(3)18-10(2)14(27-16(21)25-4)19(15)12-7-6-8-13(9-12)20(23)24/h6-9,18H,5H2,1-4H3. The molecule has 0 aliphatic carbocycles. The predicted molar refractivity (Wildman–Crippen MR) is 95.7 cm³/mol. The fourth-order valence-corrected chi connectivity index (χ4v) is 2.39. The number of ether oxygens (including phenoxy) is 4. The number of hydrogen-bond donors (Lipinski definition) is 1. The second kappa shape index (κ2) is 8.75. The van der Waals surface area contributed by atoms with Crippen molar-refractivity contribution >= 4 is 23.7 Å². The van der Waals surface area contributed by atoms with Crippen LogP contribution in [0.1, 0.15) is 20.8 Å². The first-order valence-corrected chi connectivity index (χ1v) is 8.12. The second-order valence-corrected chi connectivity index (χ2v) is 5.44. The van der Waals surface area contributed by atoms with Gasteiger partial charge < -0.3 is 24.3 Å². The largest absolute Gasteiger partial charge is 0.515 e. The number of nitro benzene ring substituents is 1. The van der Waals surface area contributed by atoms with E-state index in [2.05, 4.69) is 10.1 Å². The number of nitro groups is 1. The van der Waals surface area contributed by atoms with E-state index in [4.69, 9.17) is 14.2 Å². The Balaban J connectivity index is 2.57. The number of anilines is 1. The molecular weight excluding hydrogens is 374 g/mol. The summed E-state index contributed by atoms with van der Waals surface area (Å²) in [7, 11) is 1.13. The molecule has 0 saturated carbocycles. The summed E-state index contributed by atoms with van der Waals surface area (Å²) in [5.41, 5.74) is 0.770. The van der Waals surface area contributed by atoms with Crippen LogP contribution in [0, 0.1) is 10.1 Å². The topological polar surface area (TPSA) is 129 Å². The molecule has 1 aliphatic rings. The zero-order valence-corrected chi connectivity index (χ0v) is 15.7. The SMILES string of the molecule is CCOC(=O)OC1=C(C)NC(C)=C(OC(=O)OC)N1c1cccc([N+](=O)[O-])c1. The van der Waals surface area contributed by atoms with E-state index in [1.54, 1.807) is 20.8 Å². The summed E-state index contributed by atoms with van der Waals surface area (Å²) in [5.74, 6) is -0.166. The Hall–Kier alpha value is -3.76. The Morgan fingerprint density at radius 3 is 2.29 bits per heavy atom. The highest BCUT2D eigenvalue weighted by Gasteiger charge is 2.33. The van der Waals surface area contributed by atoms with Gasteiger partial charge in [0.1, 0.15) is 0 Å². The van der Waals surface area contributed by atoms with Gasteiger partial charge in [0.15, 0.2) is 0 Å². The highest BCUT2D eigenvalue weighted by atomic mass is 16.7. The van der Waals surface area contributed by atoms with Crippen molar-refractivity contribution in [3.05, 3.63) is 57.5 Å². The van der Waals surface area contributed by atoms with Gasteiger partial charge in [-0.1, -0.05) is 6.07 Å². The highest BCUT2D eigenvalue weighted by molar-refractivity contribution is 5.69. The summed E-state index contributed by atoms with van der Waals surface area (Å²) < 4.78 is 19.8. The molecule has 1 N–H and O–H groups in total. The van der Waals surface area contributed by atoms with Gasteiger partial charge in [-0.3, -0.25) is 10.1 Å². The Labute approximate surface area is 160 Å². The Morgan fingerprint density at radius 1 is 1.14 bits per heavy atom. The van der Waals surface area contributed by atoms with Gasteiger partial charge in [0.2, 0.25) is 11.8 Å². The fourth-order valence-electron chi connectivity index (χ4n) is 2.39. The Morgan fingerprint density at radius 2 is 1.75 bits per heavy atom. The number of nitrogens with one attached hydrogen (secondary N) is 1. The summed E-state index contributed by atoms with van der Waals surface area (Å²) in [4.78, 5) is 35.4. The lowest BCUT2D eigenvalue weighted by molar-refractivity contribution is -0.384. The van der Waals surface area contributed by atoms with Crippen molar-refractivity contribution in [1.29, 1.82) is 0 Å². The van der Waals surface area contributed by atoms with Gasteiger partial charge in [-0.15, -0.1) is 0 Å². The van der Waals surface area contributed by atoms with Crippen molar-refractivity contribution in [2.24, 2.45) is 0 Å². The monoisotopic (exact) mass is 393 g/mol. The van der Waals surface area contributed by atoms with Crippen LogP contribution < -0.4 is 10.2 Å². The van der Waals surface area contributed by atoms with Gasteiger partial charge in [0, 0.05) is 12.1 Å². The van der Waals surface area contributed by atoms with Crippen molar-refractivity contribution in [3.63, 3.8) is 0 Å². The zero-order valence-electron chi connectivity index (χ0n) is 15.7. The van der Waals surface area contributed by atoms with Crippen LogP contribution >= 0.6 is 0 Å². The highest BCUT2D eigenvalue weighted by Crippen LogP contribution is 2.34. The maximum absolute atomic E-state index is 11.9. The molecule has 1 aromatic rings. The molecule has 0 atom stereocenters. The van der Waals surface area contributed by atoms with Crippen LogP contribution in [0.15, 0.2) is 47.4 Å². The molecule has 1 heterocycles. The van der Waals surface area contributed by atoms with Gasteiger partial charge in [-0.05, 0) is 26.8 Å². The Bertz CT molecular complexity index is 862. The molecule has 0 fully saturated rings. The fraction of sp³-hybridized carbons (Fsp3) is 0.294. The summed E-state index contributed by atoms with van der Waals surface area (Å²) in [6, 6.07) is 5.50. The van der Waals surface area contributed by atoms with Crippen molar-refractivity contribution in [1.82, 2.24) is 5.32 Å². The first-order chi connectivity index (χ1) is 13.3. The molecule has 2 rings (SSSR count). The molecule has 28 heavy (non-hydrogen) atoms. The maximum Gasteiger partial charge on any atom is 0.515 e. The zero-order chi connectivity index (χ0) is 20.8. The number of benzene rings is 1. The minimum Gasteiger partial charge on any atom is -0.437 e. The minimum atomic E-state index is -1.03. The normalized spacial score (nSPS) is 13.6. The van der Waals surface area contributed by atoms with E-state index >= 15 is 0 Å². The number of hydrogen-bond acceptors (Lipinski definition) is 10. The lowest BCUT2D eigenvalue weighted by atomic mass is 10.2. The first-order valence-electron chi connectivity index (χ1n) is 8.12. The lowest BCUT2D eigenvalue weighted by Gasteiger charge is -2.33. The third kappa shape index (κ3) is 4.50. The van der Waals surface area contributed by atoms with Crippen LogP contribution in [-0.2, 0) is 18.9 Å². The number of methoxy groups -OCH3 is 1. The van der Waals surface area contributed by atoms with E-state index in [0.29, 0.717) is 11.4 Å². The van der Waals surface area contributed by atoms with Crippen LogP contribution in [0.4, 0.5) is 21.0 Å². The first kappa shape index (κ1) is 20.6. The number of rotatable bonds is 5. The van der Waals surface area contributed by atoms with Gasteiger partial charge in [0.25, 0.3) is 5.69 Å². The molecule has 0 bridgehead atoms. The summed E-state index contributed by atoms with van der Waals surface area (Å²) in [6.45, 7) is 4.90. The van der Waals surface area contributed by atoms with E-state index in [9.17, 15) is 19.7 Å². The molecular formula is C17H19N3O8.